The molecule has 0 radical (unpaired) electrons. The number of aromatic nitrogens is 1. The maximum atomic E-state index is 14.4. The van der Waals surface area contributed by atoms with Crippen LogP contribution in [0.15, 0.2) is 119 Å². The Bertz CT molecular complexity index is 2260. The number of halogens is 2. The van der Waals surface area contributed by atoms with Gasteiger partial charge in [0.05, 0.1) is 35.1 Å². The van der Waals surface area contributed by atoms with Crippen molar-refractivity contribution in [3.63, 3.8) is 0 Å². The van der Waals surface area contributed by atoms with E-state index in [9.17, 15) is 14.0 Å². The second kappa shape index (κ2) is 15.5. The highest BCUT2D eigenvalue weighted by Gasteiger charge is 2.35. The highest BCUT2D eigenvalue weighted by Crippen LogP contribution is 2.37. The molecule has 2 heterocycles. The van der Waals surface area contributed by atoms with Crippen LogP contribution in [-0.4, -0.2) is 23.8 Å². The van der Waals surface area contributed by atoms with Gasteiger partial charge in [-0.05, 0) is 67.8 Å². The molecule has 0 bridgehead atoms. The number of carbonyl (C=O) groups is 1. The maximum Gasteiger partial charge on any atom is 0.338 e. The molecule has 0 unspecified atom stereocenters. The van der Waals surface area contributed by atoms with Crippen LogP contribution in [-0.2, 0) is 22.6 Å². The summed E-state index contributed by atoms with van der Waals surface area (Å²) in [6.45, 7) is 8.27. The van der Waals surface area contributed by atoms with Crippen molar-refractivity contribution in [3.05, 3.63) is 168 Å². The number of hydrogen-bond acceptors (Lipinski definition) is 7. The molecule has 0 N–H and O–H groups in total. The number of esters is 1. The number of hydrogen-bond donors (Lipinski definition) is 0. The van der Waals surface area contributed by atoms with Crippen LogP contribution in [0.5, 0.6) is 11.5 Å². The molecule has 0 spiro atoms. The molecule has 10 heteroatoms. The average Bonchev–Trinajstić information content (AvgIpc) is 3.42. The minimum absolute atomic E-state index is 0.123. The number of fused-ring (bicyclic) bond motifs is 1. The molecule has 0 saturated heterocycles. The van der Waals surface area contributed by atoms with Gasteiger partial charge >= 0.3 is 5.97 Å². The van der Waals surface area contributed by atoms with Gasteiger partial charge < -0.3 is 14.2 Å². The number of thiazole rings is 1. The molecule has 0 saturated carbocycles. The number of ether oxygens (including phenoxy) is 3. The van der Waals surface area contributed by atoms with E-state index in [1.54, 1.807) is 31.2 Å². The van der Waals surface area contributed by atoms with Crippen LogP contribution in [0, 0.1) is 5.82 Å². The lowest BCUT2D eigenvalue weighted by Gasteiger charge is -2.25. The summed E-state index contributed by atoms with van der Waals surface area (Å²) in [7, 11) is 0. The summed E-state index contributed by atoms with van der Waals surface area (Å²) in [5.41, 5.74) is 3.79. The molecule has 6 rings (SSSR count). The normalized spacial score (nSPS) is 14.2. The zero-order chi connectivity index (χ0) is 35.2. The maximum absolute atomic E-state index is 14.4. The molecular weight excluding hydrogens is 675 g/mol. The Balaban J connectivity index is 1.53. The molecule has 254 valence electrons. The smallest absolute Gasteiger partial charge is 0.338 e. The Morgan fingerprint density at radius 3 is 2.42 bits per heavy atom. The molecule has 4 aromatic carbocycles. The Labute approximate surface area is 297 Å². The van der Waals surface area contributed by atoms with E-state index in [0.29, 0.717) is 61.3 Å². The van der Waals surface area contributed by atoms with Crippen molar-refractivity contribution < 1.29 is 23.4 Å². The number of nitrogens with zero attached hydrogens (tertiary/aromatic N) is 2. The minimum Gasteiger partial charge on any atom is -0.490 e. The third kappa shape index (κ3) is 7.20. The molecule has 1 aliphatic rings. The first kappa shape index (κ1) is 34.6. The predicted octanol–water partition coefficient (Wildman–Crippen LogP) is 7.43. The Morgan fingerprint density at radius 1 is 0.980 bits per heavy atom. The van der Waals surface area contributed by atoms with Crippen molar-refractivity contribution in [3.8, 4) is 11.5 Å². The van der Waals surface area contributed by atoms with Gasteiger partial charge in [0.1, 0.15) is 12.4 Å². The molecule has 7 nitrogen and oxygen atoms in total. The van der Waals surface area contributed by atoms with Gasteiger partial charge in [-0.3, -0.25) is 9.36 Å². The molecule has 0 aliphatic carbocycles. The van der Waals surface area contributed by atoms with Crippen LogP contribution in [0.3, 0.4) is 0 Å². The molecular formula is C40H34ClFN2O5S. The second-order valence-electron chi connectivity index (χ2n) is 11.3. The van der Waals surface area contributed by atoms with Gasteiger partial charge in [0.25, 0.3) is 5.56 Å². The first-order valence-corrected chi connectivity index (χ1v) is 17.3. The topological polar surface area (TPSA) is 79.1 Å². The quantitative estimate of drug-likeness (QED) is 0.0995. The number of rotatable bonds is 12. The fourth-order valence-corrected chi connectivity index (χ4v) is 7.01. The largest absolute Gasteiger partial charge is 0.490 e. The van der Waals surface area contributed by atoms with Crippen LogP contribution in [0.2, 0.25) is 5.02 Å². The van der Waals surface area contributed by atoms with Crippen molar-refractivity contribution in [2.75, 3.05) is 13.2 Å². The van der Waals surface area contributed by atoms with Crippen LogP contribution in [0.4, 0.5) is 4.39 Å². The Kier molecular flexibility index (Phi) is 10.7. The summed E-state index contributed by atoms with van der Waals surface area (Å²) in [4.78, 5) is 33.3. The standard InChI is InChI=1S/C40H34ClFN2O5S/c1-4-12-28-21-25(22-32(47-5-2)37(28)49-24-29-15-10-11-16-31(29)41)23-33-38(45)44-36(27-17-19-30(42)20-18-27)34(39(46)48-6-3)35(43-40(44)50-33)26-13-8-7-9-14-26/h4,7-11,13-23,36H,1,5-6,12,24H2,2-3H3/b33-23+/t36-/m1/s1. The van der Waals surface area contributed by atoms with E-state index in [1.165, 1.54) is 28.0 Å². The third-order valence-corrected chi connectivity index (χ3v) is 9.36. The van der Waals surface area contributed by atoms with E-state index in [0.717, 1.165) is 11.1 Å². The first-order chi connectivity index (χ1) is 24.3. The summed E-state index contributed by atoms with van der Waals surface area (Å²) in [5, 5.41) is 0.600. The van der Waals surface area contributed by atoms with Crippen LogP contribution in [0.25, 0.3) is 11.8 Å². The zero-order valence-electron chi connectivity index (χ0n) is 27.5. The van der Waals surface area contributed by atoms with Gasteiger partial charge in [-0.25, -0.2) is 14.2 Å². The highest BCUT2D eigenvalue weighted by molar-refractivity contribution is 7.07. The van der Waals surface area contributed by atoms with Crippen molar-refractivity contribution in [1.29, 1.82) is 0 Å². The lowest BCUT2D eigenvalue weighted by atomic mass is 9.93. The van der Waals surface area contributed by atoms with Gasteiger partial charge in [-0.1, -0.05) is 89.7 Å². The molecule has 5 aromatic rings. The predicted molar refractivity (Wildman–Crippen MR) is 195 cm³/mol. The van der Waals surface area contributed by atoms with Gasteiger partial charge in [0.2, 0.25) is 0 Å². The van der Waals surface area contributed by atoms with Crippen molar-refractivity contribution in [2.45, 2.75) is 32.9 Å². The average molecular weight is 709 g/mol. The van der Waals surface area contributed by atoms with E-state index in [1.807, 2.05) is 73.7 Å². The fourth-order valence-electron chi connectivity index (χ4n) is 5.82. The van der Waals surface area contributed by atoms with Crippen molar-refractivity contribution >= 4 is 40.7 Å². The van der Waals surface area contributed by atoms with Gasteiger partial charge in [-0.15, -0.1) is 6.58 Å². The van der Waals surface area contributed by atoms with Gasteiger partial charge in [-0.2, -0.15) is 0 Å². The molecule has 1 aromatic heterocycles. The van der Waals surface area contributed by atoms with E-state index < -0.39 is 17.8 Å². The molecule has 0 amide bonds. The Hall–Kier alpha value is -5.25. The number of carbonyl (C=O) groups excluding carboxylic acids is 1. The van der Waals surface area contributed by atoms with Crippen molar-refractivity contribution in [1.82, 2.24) is 4.57 Å². The minimum atomic E-state index is -0.917. The second-order valence-corrected chi connectivity index (χ2v) is 12.7. The van der Waals surface area contributed by atoms with Gasteiger partial charge in [0, 0.05) is 21.7 Å². The summed E-state index contributed by atoms with van der Waals surface area (Å²) in [5.74, 6) is 0.0265. The lowest BCUT2D eigenvalue weighted by Crippen LogP contribution is -2.40. The van der Waals surface area contributed by atoms with E-state index >= 15 is 0 Å². The highest BCUT2D eigenvalue weighted by atomic mass is 35.5. The molecule has 50 heavy (non-hydrogen) atoms. The fraction of sp³-hybridized carbons (Fsp3) is 0.175. The van der Waals surface area contributed by atoms with E-state index in [2.05, 4.69) is 6.58 Å². The summed E-state index contributed by atoms with van der Waals surface area (Å²) < 4.78 is 33.8. The summed E-state index contributed by atoms with van der Waals surface area (Å²) in [6.07, 6.45) is 4.03. The SMILES string of the molecule is C=CCc1cc(/C=c2/sc3n(c2=O)[C@H](c2ccc(F)cc2)C(C(=O)OCC)=C(c2ccccc2)N=3)cc(OCC)c1OCc1ccccc1Cl. The third-order valence-electron chi connectivity index (χ3n) is 8.01. The zero-order valence-corrected chi connectivity index (χ0v) is 29.1. The molecule has 1 aliphatic heterocycles. The monoisotopic (exact) mass is 708 g/mol. The number of benzene rings is 4. The van der Waals surface area contributed by atoms with Crippen LogP contribution in [0.1, 0.15) is 47.7 Å². The van der Waals surface area contributed by atoms with Crippen LogP contribution < -0.4 is 24.4 Å². The summed E-state index contributed by atoms with van der Waals surface area (Å²) in [6, 6.07) is 25.3. The number of allylic oxidation sites excluding steroid dienone is 1. The first-order valence-electron chi connectivity index (χ1n) is 16.1. The summed E-state index contributed by atoms with van der Waals surface area (Å²) >= 11 is 7.59. The van der Waals surface area contributed by atoms with Crippen LogP contribution >= 0.6 is 22.9 Å². The van der Waals surface area contributed by atoms with Gasteiger partial charge in [0.15, 0.2) is 16.3 Å². The molecule has 1 atom stereocenters. The molecule has 0 fully saturated rings. The lowest BCUT2D eigenvalue weighted by molar-refractivity contribution is -0.138. The van der Waals surface area contributed by atoms with Crippen molar-refractivity contribution in [2.24, 2.45) is 4.99 Å². The van der Waals surface area contributed by atoms with E-state index in [4.69, 9.17) is 30.8 Å². The van der Waals surface area contributed by atoms with E-state index in [-0.39, 0.29) is 24.3 Å². The Morgan fingerprint density at radius 2 is 1.72 bits per heavy atom.